The SMILES string of the molecule is CCCCc1ccc(-c2cccc3ccccc23)c(CCCC)c1CCCC.P. The lowest BCUT2D eigenvalue weighted by atomic mass is 9.84. The Morgan fingerprint density at radius 2 is 1.17 bits per heavy atom. The molecule has 0 heterocycles. The third kappa shape index (κ3) is 5.70. The second kappa shape index (κ2) is 12.1. The van der Waals surface area contributed by atoms with Crippen LogP contribution in [-0.4, -0.2) is 0 Å². The fourth-order valence-electron chi connectivity index (χ4n) is 4.36. The van der Waals surface area contributed by atoms with Crippen LogP contribution in [0.4, 0.5) is 0 Å². The summed E-state index contributed by atoms with van der Waals surface area (Å²) in [6.45, 7) is 6.92. The van der Waals surface area contributed by atoms with E-state index < -0.39 is 0 Å². The van der Waals surface area contributed by atoms with Gasteiger partial charge in [0.1, 0.15) is 0 Å². The fourth-order valence-corrected chi connectivity index (χ4v) is 4.36. The molecule has 0 aliphatic heterocycles. The van der Waals surface area contributed by atoms with Crippen LogP contribution in [0.15, 0.2) is 54.6 Å². The highest BCUT2D eigenvalue weighted by Crippen LogP contribution is 2.35. The number of aryl methyl sites for hydroxylation is 1. The highest BCUT2D eigenvalue weighted by atomic mass is 31.0. The molecule has 3 aromatic rings. The minimum atomic E-state index is 0. The van der Waals surface area contributed by atoms with Gasteiger partial charge in [-0.2, -0.15) is 9.90 Å². The first kappa shape index (κ1) is 23.6. The number of rotatable bonds is 10. The maximum absolute atomic E-state index is 2.44. The molecule has 1 atom stereocenters. The summed E-state index contributed by atoms with van der Waals surface area (Å²) in [5.74, 6) is 0. The summed E-state index contributed by atoms with van der Waals surface area (Å²) in [5.41, 5.74) is 7.76. The molecule has 0 saturated carbocycles. The van der Waals surface area contributed by atoms with Crippen molar-refractivity contribution in [2.75, 3.05) is 0 Å². The highest BCUT2D eigenvalue weighted by Gasteiger charge is 2.15. The molecule has 0 aromatic heterocycles. The monoisotopic (exact) mass is 406 g/mol. The van der Waals surface area contributed by atoms with Crippen molar-refractivity contribution < 1.29 is 0 Å². The molecule has 156 valence electrons. The van der Waals surface area contributed by atoms with E-state index in [-0.39, 0.29) is 9.90 Å². The number of hydrogen-bond donors (Lipinski definition) is 0. The molecule has 3 rings (SSSR count). The normalized spacial score (nSPS) is 10.9. The summed E-state index contributed by atoms with van der Waals surface area (Å²) in [5, 5.41) is 2.72. The van der Waals surface area contributed by atoms with Gasteiger partial charge in [0.25, 0.3) is 0 Å². The van der Waals surface area contributed by atoms with E-state index in [9.17, 15) is 0 Å². The molecule has 0 bridgehead atoms. The molecule has 1 unspecified atom stereocenters. The molecule has 3 aromatic carbocycles. The molecule has 0 aliphatic rings. The van der Waals surface area contributed by atoms with Crippen LogP contribution in [-0.2, 0) is 19.3 Å². The molecule has 0 nitrogen and oxygen atoms in total. The van der Waals surface area contributed by atoms with Gasteiger partial charge in [-0.25, -0.2) is 0 Å². The first-order valence-corrected chi connectivity index (χ1v) is 11.4. The first-order valence-electron chi connectivity index (χ1n) is 11.4. The van der Waals surface area contributed by atoms with E-state index in [1.54, 1.807) is 16.7 Å². The quantitative estimate of drug-likeness (QED) is 0.296. The molecule has 0 saturated heterocycles. The van der Waals surface area contributed by atoms with Gasteiger partial charge in [-0.05, 0) is 77.1 Å². The van der Waals surface area contributed by atoms with Crippen LogP contribution >= 0.6 is 9.90 Å². The zero-order valence-electron chi connectivity index (χ0n) is 18.8. The van der Waals surface area contributed by atoms with Crippen molar-refractivity contribution in [3.63, 3.8) is 0 Å². The summed E-state index contributed by atoms with van der Waals surface area (Å²) in [6, 6.07) is 20.5. The second-order valence-corrected chi connectivity index (χ2v) is 8.07. The van der Waals surface area contributed by atoms with Gasteiger partial charge in [0.15, 0.2) is 0 Å². The highest BCUT2D eigenvalue weighted by molar-refractivity contribution is 6.92. The van der Waals surface area contributed by atoms with E-state index >= 15 is 0 Å². The van der Waals surface area contributed by atoms with Gasteiger partial charge in [-0.1, -0.05) is 94.6 Å². The lowest BCUT2D eigenvalue weighted by molar-refractivity contribution is 0.736. The molecule has 0 spiro atoms. The van der Waals surface area contributed by atoms with Crippen LogP contribution in [0.2, 0.25) is 0 Å². The summed E-state index contributed by atoms with van der Waals surface area (Å²) < 4.78 is 0. The van der Waals surface area contributed by atoms with Crippen molar-refractivity contribution in [2.45, 2.75) is 78.6 Å². The molecule has 0 aliphatic carbocycles. The van der Waals surface area contributed by atoms with Crippen LogP contribution in [0.1, 0.15) is 76.0 Å². The standard InChI is InChI=1S/C28H36.H3P/c1-4-7-13-23-20-21-28(26(17-9-6-3)24(23)16-8-5-2)27-19-12-15-22-14-10-11-18-25(22)27;/h10-12,14-15,18-21H,4-9,13,16-17H2,1-3H3;1H3. The zero-order chi connectivity index (χ0) is 19.8. The molecule has 1 heteroatoms. The van der Waals surface area contributed by atoms with Gasteiger partial charge in [0.05, 0.1) is 0 Å². The predicted octanol–water partition coefficient (Wildman–Crippen LogP) is 8.59. The molecule has 29 heavy (non-hydrogen) atoms. The van der Waals surface area contributed by atoms with Crippen molar-refractivity contribution in [3.8, 4) is 11.1 Å². The van der Waals surface area contributed by atoms with Gasteiger partial charge in [-0.15, -0.1) is 0 Å². The molecule has 0 N–H and O–H groups in total. The van der Waals surface area contributed by atoms with Gasteiger partial charge >= 0.3 is 0 Å². The maximum atomic E-state index is 2.44. The van der Waals surface area contributed by atoms with Crippen LogP contribution < -0.4 is 0 Å². The average molecular weight is 407 g/mol. The lowest BCUT2D eigenvalue weighted by Crippen LogP contribution is -2.04. The number of benzene rings is 3. The van der Waals surface area contributed by atoms with Crippen LogP contribution in [0.3, 0.4) is 0 Å². The first-order chi connectivity index (χ1) is 13.8. The minimum Gasteiger partial charge on any atom is -0.153 e. The van der Waals surface area contributed by atoms with Crippen molar-refractivity contribution in [1.82, 2.24) is 0 Å². The Kier molecular flexibility index (Phi) is 9.89. The Morgan fingerprint density at radius 3 is 1.90 bits per heavy atom. The van der Waals surface area contributed by atoms with E-state index in [1.165, 1.54) is 79.7 Å². The topological polar surface area (TPSA) is 0 Å². The molecule has 0 fully saturated rings. The Labute approximate surface area is 181 Å². The van der Waals surface area contributed by atoms with Crippen LogP contribution in [0, 0.1) is 0 Å². The number of hydrogen-bond acceptors (Lipinski definition) is 0. The lowest BCUT2D eigenvalue weighted by Gasteiger charge is -2.20. The van der Waals surface area contributed by atoms with Gasteiger partial charge in [0.2, 0.25) is 0 Å². The Hall–Kier alpha value is -1.65. The zero-order valence-corrected chi connectivity index (χ0v) is 20.2. The third-order valence-electron chi connectivity index (χ3n) is 5.97. The van der Waals surface area contributed by atoms with E-state index in [0.717, 1.165) is 0 Å². The summed E-state index contributed by atoms with van der Waals surface area (Å²) in [6.07, 6.45) is 11.3. The van der Waals surface area contributed by atoms with Gasteiger partial charge in [-0.3, -0.25) is 0 Å². The van der Waals surface area contributed by atoms with E-state index in [4.69, 9.17) is 0 Å². The average Bonchev–Trinajstić information content (AvgIpc) is 2.74. The van der Waals surface area contributed by atoms with Crippen molar-refractivity contribution >= 4 is 20.7 Å². The Morgan fingerprint density at radius 1 is 0.552 bits per heavy atom. The van der Waals surface area contributed by atoms with E-state index in [0.29, 0.717) is 0 Å². The molecular weight excluding hydrogens is 367 g/mol. The smallest absolute Gasteiger partial charge is 0.0103 e. The fraction of sp³-hybridized carbons (Fsp3) is 0.429. The van der Waals surface area contributed by atoms with Gasteiger partial charge in [0, 0.05) is 0 Å². The summed E-state index contributed by atoms with van der Waals surface area (Å²) in [4.78, 5) is 0. The van der Waals surface area contributed by atoms with E-state index in [1.807, 2.05) is 0 Å². The molecule has 0 radical (unpaired) electrons. The van der Waals surface area contributed by atoms with Crippen LogP contribution in [0.5, 0.6) is 0 Å². The van der Waals surface area contributed by atoms with Crippen molar-refractivity contribution in [3.05, 3.63) is 71.3 Å². The predicted molar refractivity (Wildman–Crippen MR) is 136 cm³/mol. The Balaban J connectivity index is 0.00000300. The Bertz CT molecular complexity index is 889. The van der Waals surface area contributed by atoms with E-state index in [2.05, 4.69) is 75.4 Å². The third-order valence-corrected chi connectivity index (χ3v) is 5.97. The molecule has 0 amide bonds. The maximum Gasteiger partial charge on any atom is -0.0103 e. The van der Waals surface area contributed by atoms with Crippen molar-refractivity contribution in [2.24, 2.45) is 0 Å². The molecular formula is C28H39P. The van der Waals surface area contributed by atoms with Crippen molar-refractivity contribution in [1.29, 1.82) is 0 Å². The van der Waals surface area contributed by atoms with Gasteiger partial charge < -0.3 is 0 Å². The number of unbranched alkanes of at least 4 members (excludes halogenated alkanes) is 3. The summed E-state index contributed by atoms with van der Waals surface area (Å²) in [7, 11) is 0. The minimum absolute atomic E-state index is 0. The summed E-state index contributed by atoms with van der Waals surface area (Å²) >= 11 is 0. The number of fused-ring (bicyclic) bond motifs is 1. The second-order valence-electron chi connectivity index (χ2n) is 8.07. The largest absolute Gasteiger partial charge is 0.153 e. The van der Waals surface area contributed by atoms with Crippen LogP contribution in [0.25, 0.3) is 21.9 Å².